The molecule has 0 amide bonds. The van der Waals surface area contributed by atoms with Crippen LogP contribution in [0.3, 0.4) is 0 Å². The van der Waals surface area contributed by atoms with Gasteiger partial charge in [0, 0.05) is 13.1 Å². The highest BCUT2D eigenvalue weighted by Gasteiger charge is 2.21. The Morgan fingerprint density at radius 1 is 1.38 bits per heavy atom. The molecule has 1 aliphatic heterocycles. The maximum atomic E-state index is 5.32. The first-order valence-electron chi connectivity index (χ1n) is 6.17. The van der Waals surface area contributed by atoms with Crippen LogP contribution < -0.4 is 10.2 Å². The Morgan fingerprint density at radius 2 is 2.19 bits per heavy atom. The predicted octanol–water partition coefficient (Wildman–Crippen LogP) is 1.73. The van der Waals surface area contributed by atoms with Gasteiger partial charge < -0.3 is 14.7 Å². The summed E-state index contributed by atoms with van der Waals surface area (Å²) in [4.78, 5) is 6.55. The van der Waals surface area contributed by atoms with Crippen LogP contribution in [0.1, 0.15) is 45.0 Å². The third kappa shape index (κ3) is 2.35. The molecule has 1 aliphatic rings. The monoisotopic (exact) mass is 224 g/mol. The molecule has 1 atom stereocenters. The number of anilines is 1. The minimum absolute atomic E-state index is 0.255. The Morgan fingerprint density at radius 3 is 2.81 bits per heavy atom. The van der Waals surface area contributed by atoms with Gasteiger partial charge in [0.25, 0.3) is 5.95 Å². The van der Waals surface area contributed by atoms with Gasteiger partial charge in [0.05, 0.1) is 6.04 Å². The maximum absolute atomic E-state index is 5.32. The zero-order valence-electron chi connectivity index (χ0n) is 10.1. The molecule has 0 radical (unpaired) electrons. The molecule has 1 aromatic rings. The van der Waals surface area contributed by atoms with Crippen LogP contribution in [-0.2, 0) is 0 Å². The van der Waals surface area contributed by atoms with Gasteiger partial charge in [-0.3, -0.25) is 0 Å². The van der Waals surface area contributed by atoms with E-state index in [1.54, 1.807) is 0 Å². The number of hydrogen-bond acceptors (Lipinski definition) is 5. The van der Waals surface area contributed by atoms with Crippen molar-refractivity contribution in [1.82, 2.24) is 15.5 Å². The molecular formula is C11H20N4O. The summed E-state index contributed by atoms with van der Waals surface area (Å²) >= 11 is 0. The quantitative estimate of drug-likeness (QED) is 0.844. The van der Waals surface area contributed by atoms with E-state index < -0.39 is 0 Å². The molecule has 0 spiro atoms. The molecular weight excluding hydrogens is 204 g/mol. The molecule has 90 valence electrons. The third-order valence-electron chi connectivity index (χ3n) is 3.09. The minimum Gasteiger partial charge on any atom is -0.339 e. The van der Waals surface area contributed by atoms with Crippen LogP contribution in [0.5, 0.6) is 0 Å². The highest BCUT2D eigenvalue weighted by atomic mass is 16.5. The van der Waals surface area contributed by atoms with Gasteiger partial charge >= 0.3 is 0 Å². The highest BCUT2D eigenvalue weighted by Crippen LogP contribution is 2.22. The summed E-state index contributed by atoms with van der Waals surface area (Å²) in [7, 11) is 0. The molecule has 1 N–H and O–H groups in total. The summed E-state index contributed by atoms with van der Waals surface area (Å²) in [5, 5.41) is 7.44. The van der Waals surface area contributed by atoms with Gasteiger partial charge in [-0.15, -0.1) is 0 Å². The first-order valence-corrected chi connectivity index (χ1v) is 6.17. The van der Waals surface area contributed by atoms with Crippen molar-refractivity contribution in [2.24, 2.45) is 0 Å². The van der Waals surface area contributed by atoms with Crippen molar-refractivity contribution in [1.29, 1.82) is 0 Å². The Kier molecular flexibility index (Phi) is 3.77. The van der Waals surface area contributed by atoms with Crippen molar-refractivity contribution in [2.45, 2.75) is 39.2 Å². The Labute approximate surface area is 96.2 Å². The summed E-state index contributed by atoms with van der Waals surface area (Å²) in [6.45, 7) is 7.06. The second-order valence-electron chi connectivity index (χ2n) is 4.11. The summed E-state index contributed by atoms with van der Waals surface area (Å²) < 4.78 is 5.32. The van der Waals surface area contributed by atoms with Crippen molar-refractivity contribution in [2.75, 3.05) is 24.5 Å². The number of aromatic nitrogens is 2. The molecule has 0 aromatic carbocycles. The van der Waals surface area contributed by atoms with Crippen molar-refractivity contribution in [3.05, 3.63) is 5.89 Å². The summed E-state index contributed by atoms with van der Waals surface area (Å²) in [5.74, 6) is 1.45. The van der Waals surface area contributed by atoms with E-state index >= 15 is 0 Å². The summed E-state index contributed by atoms with van der Waals surface area (Å²) in [6, 6.07) is 0.255. The fraction of sp³-hybridized carbons (Fsp3) is 0.818. The zero-order valence-corrected chi connectivity index (χ0v) is 10.1. The van der Waals surface area contributed by atoms with Gasteiger partial charge in [0.15, 0.2) is 0 Å². The largest absolute Gasteiger partial charge is 0.339 e. The molecule has 5 heteroatoms. The van der Waals surface area contributed by atoms with E-state index in [1.165, 1.54) is 12.8 Å². The van der Waals surface area contributed by atoms with E-state index in [9.17, 15) is 0 Å². The lowest BCUT2D eigenvalue weighted by Crippen LogP contribution is -2.27. The second-order valence-corrected chi connectivity index (χ2v) is 4.11. The lowest BCUT2D eigenvalue weighted by molar-refractivity contribution is 0.297. The van der Waals surface area contributed by atoms with Crippen LogP contribution >= 0.6 is 0 Å². The van der Waals surface area contributed by atoms with Gasteiger partial charge in [-0.1, -0.05) is 6.42 Å². The summed E-state index contributed by atoms with van der Waals surface area (Å²) in [5.41, 5.74) is 0. The number of nitrogens with one attached hydrogen (secondary N) is 1. The first kappa shape index (κ1) is 11.4. The third-order valence-corrected chi connectivity index (χ3v) is 3.09. The van der Waals surface area contributed by atoms with Crippen molar-refractivity contribution in [3.8, 4) is 0 Å². The van der Waals surface area contributed by atoms with Gasteiger partial charge in [0.2, 0.25) is 5.89 Å². The first-order chi connectivity index (χ1) is 7.85. The number of rotatable bonds is 4. The van der Waals surface area contributed by atoms with Gasteiger partial charge in [-0.05, 0) is 38.4 Å². The summed E-state index contributed by atoms with van der Waals surface area (Å²) in [6.07, 6.45) is 3.58. The molecule has 2 rings (SSSR count). The van der Waals surface area contributed by atoms with Gasteiger partial charge in [0.1, 0.15) is 0 Å². The van der Waals surface area contributed by atoms with E-state index in [0.29, 0.717) is 5.95 Å². The molecule has 1 fully saturated rings. The fourth-order valence-corrected chi connectivity index (χ4v) is 2.07. The molecule has 0 aliphatic carbocycles. The van der Waals surface area contributed by atoms with E-state index in [-0.39, 0.29) is 6.04 Å². The molecule has 0 bridgehead atoms. The Hall–Kier alpha value is -1.10. The molecule has 0 unspecified atom stereocenters. The molecule has 0 saturated carbocycles. The predicted molar refractivity (Wildman–Crippen MR) is 62.5 cm³/mol. The molecule has 5 nitrogen and oxygen atoms in total. The smallest absolute Gasteiger partial charge is 0.266 e. The van der Waals surface area contributed by atoms with Crippen LogP contribution in [0.4, 0.5) is 5.95 Å². The van der Waals surface area contributed by atoms with Crippen LogP contribution in [0.2, 0.25) is 0 Å². The Bertz CT molecular complexity index is 316. The highest BCUT2D eigenvalue weighted by molar-refractivity contribution is 5.27. The normalized spacial score (nSPS) is 21.0. The van der Waals surface area contributed by atoms with Crippen molar-refractivity contribution < 1.29 is 4.52 Å². The van der Waals surface area contributed by atoms with E-state index in [0.717, 1.165) is 31.9 Å². The van der Waals surface area contributed by atoms with Gasteiger partial charge in [-0.2, -0.15) is 4.98 Å². The zero-order chi connectivity index (χ0) is 11.4. The standard InChI is InChI=1S/C11H20N4O/c1-3-15(4-2)11-13-10(16-14-11)9-7-5-6-8-12-9/h9,12H,3-8H2,1-2H3/t9-/m1/s1. The number of hydrogen-bond donors (Lipinski definition) is 1. The fourth-order valence-electron chi connectivity index (χ4n) is 2.07. The van der Waals surface area contributed by atoms with E-state index in [1.807, 2.05) is 0 Å². The van der Waals surface area contributed by atoms with Crippen molar-refractivity contribution in [3.63, 3.8) is 0 Å². The molecule has 1 saturated heterocycles. The van der Waals surface area contributed by atoms with E-state index in [2.05, 4.69) is 34.2 Å². The number of piperidine rings is 1. The molecule has 16 heavy (non-hydrogen) atoms. The van der Waals surface area contributed by atoms with E-state index in [4.69, 9.17) is 4.52 Å². The number of nitrogens with zero attached hydrogens (tertiary/aromatic N) is 3. The SMILES string of the molecule is CCN(CC)c1noc([C@H]2CCCCN2)n1. The lowest BCUT2D eigenvalue weighted by atomic mass is 10.1. The minimum atomic E-state index is 0.255. The average molecular weight is 224 g/mol. The van der Waals surface area contributed by atoms with Crippen LogP contribution in [0, 0.1) is 0 Å². The van der Waals surface area contributed by atoms with Crippen LogP contribution in [-0.4, -0.2) is 29.8 Å². The topological polar surface area (TPSA) is 54.2 Å². The molecule has 1 aromatic heterocycles. The van der Waals surface area contributed by atoms with Crippen LogP contribution in [0.25, 0.3) is 0 Å². The second kappa shape index (κ2) is 5.30. The average Bonchev–Trinajstić information content (AvgIpc) is 2.81. The maximum Gasteiger partial charge on any atom is 0.266 e. The van der Waals surface area contributed by atoms with Crippen LogP contribution in [0.15, 0.2) is 4.52 Å². The van der Waals surface area contributed by atoms with Crippen molar-refractivity contribution >= 4 is 5.95 Å². The van der Waals surface area contributed by atoms with Gasteiger partial charge in [-0.25, -0.2) is 0 Å². The molecule has 2 heterocycles. The lowest BCUT2D eigenvalue weighted by Gasteiger charge is -2.19. The Balaban J connectivity index is 2.05.